The predicted octanol–water partition coefficient (Wildman–Crippen LogP) is -0.843. The lowest BCUT2D eigenvalue weighted by Crippen LogP contribution is -2.42. The summed E-state index contributed by atoms with van der Waals surface area (Å²) in [4.78, 5) is 26.1. The molecule has 1 unspecified atom stereocenters. The molecule has 1 amide bonds. The molecule has 0 aromatic carbocycles. The Bertz CT molecular complexity index is 408. The molecule has 0 aliphatic carbocycles. The molecule has 94 valence electrons. The van der Waals surface area contributed by atoms with Crippen LogP contribution < -0.4 is 11.1 Å². The largest absolute Gasteiger partial charge is 0.467 e. The van der Waals surface area contributed by atoms with E-state index in [1.54, 1.807) is 0 Å². The average molecular weight is 259 g/mol. The van der Waals surface area contributed by atoms with Gasteiger partial charge in [-0.2, -0.15) is 4.98 Å². The van der Waals surface area contributed by atoms with E-state index in [1.165, 1.54) is 25.8 Å². The minimum Gasteiger partial charge on any atom is -0.467 e. The van der Waals surface area contributed by atoms with E-state index in [-0.39, 0.29) is 17.6 Å². The summed E-state index contributed by atoms with van der Waals surface area (Å²) in [6.07, 6.45) is 0. The van der Waals surface area contributed by atoms with Crippen LogP contribution in [0.3, 0.4) is 0 Å². The number of thioether (sulfide) groups is 1. The van der Waals surface area contributed by atoms with Gasteiger partial charge >= 0.3 is 5.97 Å². The Morgan fingerprint density at radius 2 is 2.35 bits per heavy atom. The molecule has 0 bridgehead atoms. The molecule has 1 aromatic rings. The molecule has 0 saturated carbocycles. The number of aromatic amines is 1. The van der Waals surface area contributed by atoms with Crippen molar-refractivity contribution in [1.82, 2.24) is 20.5 Å². The van der Waals surface area contributed by atoms with Gasteiger partial charge in [0.2, 0.25) is 17.0 Å². The number of H-pyrrole nitrogens is 1. The number of nitrogens with one attached hydrogen (secondary N) is 2. The number of amides is 1. The summed E-state index contributed by atoms with van der Waals surface area (Å²) in [5.74, 6) is -0.364. The van der Waals surface area contributed by atoms with Crippen LogP contribution >= 0.6 is 11.8 Å². The number of hydrogen-bond donors (Lipinski definition) is 3. The molecule has 0 aliphatic heterocycles. The van der Waals surface area contributed by atoms with Crippen LogP contribution in [0.5, 0.6) is 0 Å². The fourth-order valence-electron chi connectivity index (χ4n) is 1.04. The first-order valence-electron chi connectivity index (χ1n) is 4.68. The number of esters is 1. The molecule has 4 N–H and O–H groups in total. The van der Waals surface area contributed by atoms with Crippen LogP contribution in [-0.4, -0.2) is 46.0 Å². The van der Waals surface area contributed by atoms with Crippen LogP contribution in [0.15, 0.2) is 5.16 Å². The maximum absolute atomic E-state index is 11.4. The first kappa shape index (κ1) is 13.3. The normalized spacial score (nSPS) is 11.9. The van der Waals surface area contributed by atoms with Crippen LogP contribution in [0, 0.1) is 0 Å². The topological polar surface area (TPSA) is 123 Å². The zero-order valence-electron chi connectivity index (χ0n) is 9.39. The molecule has 0 radical (unpaired) electrons. The van der Waals surface area contributed by atoms with Gasteiger partial charge in [0, 0.05) is 12.7 Å². The predicted molar refractivity (Wildman–Crippen MR) is 61.1 cm³/mol. The Morgan fingerprint density at radius 1 is 1.65 bits per heavy atom. The molecule has 17 heavy (non-hydrogen) atoms. The highest BCUT2D eigenvalue weighted by atomic mass is 32.2. The number of carbonyl (C=O) groups is 2. The van der Waals surface area contributed by atoms with E-state index < -0.39 is 12.0 Å². The molecule has 1 heterocycles. The van der Waals surface area contributed by atoms with Gasteiger partial charge in [0.25, 0.3) is 0 Å². The van der Waals surface area contributed by atoms with E-state index in [0.717, 1.165) is 0 Å². The number of methoxy groups -OCH3 is 1. The van der Waals surface area contributed by atoms with Crippen molar-refractivity contribution in [3.8, 4) is 0 Å². The molecule has 0 aliphatic rings. The summed E-state index contributed by atoms with van der Waals surface area (Å²) in [5.41, 5.74) is 5.35. The van der Waals surface area contributed by atoms with Crippen molar-refractivity contribution in [3.63, 3.8) is 0 Å². The molecular formula is C8H13N5O3S. The number of nitrogen functional groups attached to an aromatic ring is 1. The van der Waals surface area contributed by atoms with Gasteiger partial charge in [-0.05, 0) is 0 Å². The Morgan fingerprint density at radius 3 is 2.82 bits per heavy atom. The molecule has 8 nitrogen and oxygen atoms in total. The second kappa shape index (κ2) is 6.09. The number of rotatable bonds is 5. The molecule has 1 atom stereocenters. The molecule has 1 rings (SSSR count). The highest BCUT2D eigenvalue weighted by molar-refractivity contribution is 7.99. The van der Waals surface area contributed by atoms with Gasteiger partial charge in [-0.1, -0.05) is 11.8 Å². The number of aromatic nitrogens is 3. The van der Waals surface area contributed by atoms with Gasteiger partial charge in [0.05, 0.1) is 7.11 Å². The number of anilines is 1. The van der Waals surface area contributed by atoms with Crippen molar-refractivity contribution in [2.45, 2.75) is 18.1 Å². The Kier molecular flexibility index (Phi) is 4.76. The van der Waals surface area contributed by atoms with E-state index in [0.29, 0.717) is 5.16 Å². The summed E-state index contributed by atoms with van der Waals surface area (Å²) < 4.78 is 4.57. The van der Waals surface area contributed by atoms with Crippen LogP contribution in [-0.2, 0) is 14.3 Å². The third-order valence-electron chi connectivity index (χ3n) is 1.72. The standard InChI is InChI=1S/C8H13N5O3S/c1-4(14)10-5(6(15)16-2)3-17-8-11-7(9)12-13-8/h5H,3H2,1-2H3,(H,10,14)(H3,9,11,12,13). The monoisotopic (exact) mass is 259 g/mol. The van der Waals surface area contributed by atoms with Crippen LogP contribution in [0.4, 0.5) is 5.95 Å². The van der Waals surface area contributed by atoms with Crippen molar-refractivity contribution in [3.05, 3.63) is 0 Å². The summed E-state index contributed by atoms with van der Waals surface area (Å²) in [6, 6.07) is -0.734. The van der Waals surface area contributed by atoms with Crippen LogP contribution in [0.1, 0.15) is 6.92 Å². The van der Waals surface area contributed by atoms with Gasteiger partial charge in [-0.15, -0.1) is 5.10 Å². The first-order chi connectivity index (χ1) is 8.02. The lowest BCUT2D eigenvalue weighted by Gasteiger charge is -2.13. The molecular weight excluding hydrogens is 246 g/mol. The van der Waals surface area contributed by atoms with Crippen LogP contribution in [0.25, 0.3) is 0 Å². The van der Waals surface area contributed by atoms with Gasteiger partial charge in [0.1, 0.15) is 6.04 Å². The van der Waals surface area contributed by atoms with Crippen molar-refractivity contribution >= 4 is 29.6 Å². The van der Waals surface area contributed by atoms with E-state index in [1.807, 2.05) is 0 Å². The second-order valence-electron chi connectivity index (χ2n) is 3.09. The minimum atomic E-state index is -0.734. The van der Waals surface area contributed by atoms with E-state index >= 15 is 0 Å². The highest BCUT2D eigenvalue weighted by Crippen LogP contribution is 2.14. The maximum Gasteiger partial charge on any atom is 0.329 e. The maximum atomic E-state index is 11.4. The van der Waals surface area contributed by atoms with Gasteiger partial charge in [-0.25, -0.2) is 9.89 Å². The molecule has 9 heteroatoms. The number of nitrogens with two attached hydrogens (primary N) is 1. The van der Waals surface area contributed by atoms with Crippen molar-refractivity contribution in [2.75, 3.05) is 18.6 Å². The zero-order chi connectivity index (χ0) is 12.8. The fourth-order valence-corrected chi connectivity index (χ4v) is 1.85. The van der Waals surface area contributed by atoms with Gasteiger partial charge in [0.15, 0.2) is 0 Å². The number of hydrogen-bond acceptors (Lipinski definition) is 7. The van der Waals surface area contributed by atoms with Crippen molar-refractivity contribution in [1.29, 1.82) is 0 Å². The van der Waals surface area contributed by atoms with E-state index in [4.69, 9.17) is 5.73 Å². The lowest BCUT2D eigenvalue weighted by atomic mass is 10.3. The number of carbonyl (C=O) groups excluding carboxylic acids is 2. The van der Waals surface area contributed by atoms with Gasteiger partial charge in [-0.3, -0.25) is 4.79 Å². The second-order valence-corrected chi connectivity index (χ2v) is 4.08. The minimum absolute atomic E-state index is 0.196. The molecule has 1 aromatic heterocycles. The molecule has 0 spiro atoms. The third kappa shape index (κ3) is 4.31. The summed E-state index contributed by atoms with van der Waals surface area (Å²) in [6.45, 7) is 1.32. The quantitative estimate of drug-likeness (QED) is 0.465. The Balaban J connectivity index is 2.54. The molecule has 0 fully saturated rings. The first-order valence-corrected chi connectivity index (χ1v) is 5.67. The number of ether oxygens (including phenoxy) is 1. The lowest BCUT2D eigenvalue weighted by molar-refractivity contribution is -0.144. The highest BCUT2D eigenvalue weighted by Gasteiger charge is 2.21. The Hall–Kier alpha value is -1.77. The van der Waals surface area contributed by atoms with E-state index in [2.05, 4.69) is 25.2 Å². The summed E-state index contributed by atoms with van der Waals surface area (Å²) >= 11 is 1.19. The Labute approximate surface area is 102 Å². The smallest absolute Gasteiger partial charge is 0.329 e. The summed E-state index contributed by atoms with van der Waals surface area (Å²) in [7, 11) is 1.26. The fraction of sp³-hybridized carbons (Fsp3) is 0.500. The van der Waals surface area contributed by atoms with E-state index in [9.17, 15) is 9.59 Å². The number of nitrogens with zero attached hydrogens (tertiary/aromatic N) is 2. The molecule has 0 saturated heterocycles. The SMILES string of the molecule is COC(=O)C(CSc1n[nH]c(N)n1)NC(C)=O. The zero-order valence-corrected chi connectivity index (χ0v) is 10.2. The average Bonchev–Trinajstić information content (AvgIpc) is 2.68. The third-order valence-corrected chi connectivity index (χ3v) is 2.67. The van der Waals surface area contributed by atoms with Crippen LogP contribution in [0.2, 0.25) is 0 Å². The van der Waals surface area contributed by atoms with Crippen molar-refractivity contribution < 1.29 is 14.3 Å². The van der Waals surface area contributed by atoms with Crippen molar-refractivity contribution in [2.24, 2.45) is 0 Å². The van der Waals surface area contributed by atoms with Gasteiger partial charge < -0.3 is 15.8 Å². The summed E-state index contributed by atoms with van der Waals surface area (Å²) in [5, 5.41) is 9.14.